The number of halogens is 2. The second-order valence-corrected chi connectivity index (χ2v) is 9.88. The highest BCUT2D eigenvalue weighted by atomic mass is 79.9. The fraction of sp³-hybridized carbons (Fsp3) is 0.214. The van der Waals surface area contributed by atoms with Gasteiger partial charge in [0.25, 0.3) is 5.91 Å². The lowest BCUT2D eigenvalue weighted by atomic mass is 10.1. The Morgan fingerprint density at radius 3 is 2.57 bits per heavy atom. The van der Waals surface area contributed by atoms with Gasteiger partial charge in [0, 0.05) is 28.3 Å². The number of hydrogen-bond acceptors (Lipinski definition) is 5. The van der Waals surface area contributed by atoms with Gasteiger partial charge in [-0.15, -0.1) is 0 Å². The van der Waals surface area contributed by atoms with Crippen LogP contribution in [-0.4, -0.2) is 40.0 Å². The van der Waals surface area contributed by atoms with Gasteiger partial charge in [-0.3, -0.25) is 4.79 Å². The zero-order valence-corrected chi connectivity index (χ0v) is 21.5. The van der Waals surface area contributed by atoms with E-state index in [4.69, 9.17) is 19.3 Å². The molecular weight excluding hydrogens is 541 g/mol. The molecule has 2 atom stereocenters. The second kappa shape index (κ2) is 9.64. The first-order valence-electron chi connectivity index (χ1n) is 11.9. The van der Waals surface area contributed by atoms with Crippen molar-refractivity contribution >= 4 is 21.8 Å². The molecule has 0 N–H and O–H groups in total. The first kappa shape index (κ1) is 23.7. The number of rotatable bonds is 6. The van der Waals surface area contributed by atoms with E-state index in [9.17, 15) is 9.18 Å². The third-order valence-corrected chi connectivity index (χ3v) is 7.07. The third kappa shape index (κ3) is 4.60. The highest BCUT2D eigenvalue weighted by Crippen LogP contribution is 2.38. The minimum atomic E-state index is -0.638. The topological polar surface area (TPSA) is 65.8 Å². The average Bonchev–Trinajstić information content (AvgIpc) is 3.62. The van der Waals surface area contributed by atoms with Crippen LogP contribution < -0.4 is 9.47 Å². The molecule has 1 amide bonds. The number of amides is 1. The summed E-state index contributed by atoms with van der Waals surface area (Å²) in [5.41, 5.74) is 3.97. The largest absolute Gasteiger partial charge is 0.454 e. The van der Waals surface area contributed by atoms with E-state index < -0.39 is 12.3 Å². The van der Waals surface area contributed by atoms with Crippen LogP contribution in [0, 0.1) is 5.82 Å². The van der Waals surface area contributed by atoms with Crippen LogP contribution in [0.4, 0.5) is 4.39 Å². The van der Waals surface area contributed by atoms with Crippen LogP contribution in [0.5, 0.6) is 11.5 Å². The molecule has 1 fully saturated rings. The van der Waals surface area contributed by atoms with E-state index in [0.717, 1.165) is 32.6 Å². The molecule has 2 aliphatic heterocycles. The number of carbonyl (C=O) groups excluding carboxylic acids is 1. The Bertz CT molecular complexity index is 1460. The Hall–Kier alpha value is -3.69. The predicted molar refractivity (Wildman–Crippen MR) is 138 cm³/mol. The quantitative estimate of drug-likeness (QED) is 0.303. The lowest BCUT2D eigenvalue weighted by Gasteiger charge is -2.23. The minimum Gasteiger partial charge on any atom is -0.454 e. The van der Waals surface area contributed by atoms with Crippen molar-refractivity contribution in [3.05, 3.63) is 94.3 Å². The first-order chi connectivity index (χ1) is 18.0. The van der Waals surface area contributed by atoms with Gasteiger partial charge in [0.05, 0.1) is 5.69 Å². The Kier molecular flexibility index (Phi) is 6.18. The monoisotopic (exact) mass is 563 g/mol. The van der Waals surface area contributed by atoms with E-state index in [0.29, 0.717) is 24.4 Å². The summed E-state index contributed by atoms with van der Waals surface area (Å²) in [5.74, 6) is 1.01. The van der Waals surface area contributed by atoms with Gasteiger partial charge in [-0.05, 0) is 79.6 Å². The van der Waals surface area contributed by atoms with Crippen LogP contribution >= 0.6 is 15.9 Å². The fourth-order valence-corrected chi connectivity index (χ4v) is 4.88. The van der Waals surface area contributed by atoms with Gasteiger partial charge >= 0.3 is 0 Å². The van der Waals surface area contributed by atoms with Gasteiger partial charge in [-0.1, -0.05) is 22.0 Å². The molecule has 37 heavy (non-hydrogen) atoms. The van der Waals surface area contributed by atoms with Crippen molar-refractivity contribution in [3.8, 4) is 28.4 Å². The Morgan fingerprint density at radius 2 is 1.78 bits per heavy atom. The SMILES string of the molecule is C[C@@H]1O[C@@H](c2cn(-c3ccc(Br)cc3)nc2-c2ccc(F)cc2)N(CCc2ccc3c(c2)OCO3)C1=O. The van der Waals surface area contributed by atoms with Crippen molar-refractivity contribution in [3.63, 3.8) is 0 Å². The molecule has 0 radical (unpaired) electrons. The van der Waals surface area contributed by atoms with Crippen molar-refractivity contribution in [1.82, 2.24) is 14.7 Å². The zero-order chi connectivity index (χ0) is 25.5. The molecule has 3 aromatic carbocycles. The average molecular weight is 564 g/mol. The van der Waals surface area contributed by atoms with Gasteiger partial charge in [0.1, 0.15) is 17.6 Å². The van der Waals surface area contributed by atoms with Gasteiger partial charge in [0.15, 0.2) is 17.7 Å². The van der Waals surface area contributed by atoms with E-state index in [-0.39, 0.29) is 18.5 Å². The van der Waals surface area contributed by atoms with Crippen LogP contribution in [0.2, 0.25) is 0 Å². The molecule has 7 nitrogen and oxygen atoms in total. The van der Waals surface area contributed by atoms with Gasteiger partial charge in [-0.2, -0.15) is 5.10 Å². The number of carbonyl (C=O) groups is 1. The molecule has 0 bridgehead atoms. The van der Waals surface area contributed by atoms with Crippen LogP contribution in [-0.2, 0) is 16.0 Å². The van der Waals surface area contributed by atoms with Crippen LogP contribution in [0.25, 0.3) is 16.9 Å². The Balaban J connectivity index is 1.35. The molecule has 0 saturated carbocycles. The van der Waals surface area contributed by atoms with Crippen molar-refractivity contribution in [2.45, 2.75) is 25.7 Å². The summed E-state index contributed by atoms with van der Waals surface area (Å²) in [5, 5.41) is 4.83. The maximum atomic E-state index is 13.7. The summed E-state index contributed by atoms with van der Waals surface area (Å²) in [6.07, 6.45) is 1.26. The first-order valence-corrected chi connectivity index (χ1v) is 12.7. The molecule has 6 rings (SSSR count). The number of hydrogen-bond donors (Lipinski definition) is 0. The maximum Gasteiger partial charge on any atom is 0.253 e. The summed E-state index contributed by atoms with van der Waals surface area (Å²) in [7, 11) is 0. The summed E-state index contributed by atoms with van der Waals surface area (Å²) < 4.78 is 33.5. The van der Waals surface area contributed by atoms with E-state index in [1.807, 2.05) is 48.7 Å². The summed E-state index contributed by atoms with van der Waals surface area (Å²) in [6, 6.07) is 19.7. The number of benzene rings is 3. The Labute approximate surface area is 221 Å². The van der Waals surface area contributed by atoms with Gasteiger partial charge < -0.3 is 19.1 Å². The molecule has 1 aromatic heterocycles. The minimum absolute atomic E-state index is 0.0906. The molecule has 188 valence electrons. The molecule has 0 aliphatic carbocycles. The van der Waals surface area contributed by atoms with Gasteiger partial charge in [0.2, 0.25) is 6.79 Å². The lowest BCUT2D eigenvalue weighted by Crippen LogP contribution is -2.32. The third-order valence-electron chi connectivity index (χ3n) is 6.54. The molecule has 4 aromatic rings. The van der Waals surface area contributed by atoms with Crippen molar-refractivity contribution < 1.29 is 23.4 Å². The highest BCUT2D eigenvalue weighted by Gasteiger charge is 2.40. The summed E-state index contributed by atoms with van der Waals surface area (Å²) in [4.78, 5) is 14.9. The van der Waals surface area contributed by atoms with E-state index in [1.165, 1.54) is 12.1 Å². The molecular formula is C28H23BrFN3O4. The van der Waals surface area contributed by atoms with Crippen LogP contribution in [0.1, 0.15) is 24.3 Å². The standard InChI is InChI=1S/C28H23BrFN3O4/c1-17-27(34)32(13-12-18-2-11-24-25(14-18)36-16-35-24)28(37-17)23-15-33(22-9-5-20(29)6-10-22)31-26(23)19-3-7-21(30)8-4-19/h2-11,14-15,17,28H,12-13,16H2,1H3/t17-,28-/m0/s1. The normalized spacial score (nSPS) is 18.6. The van der Waals surface area contributed by atoms with Crippen LogP contribution in [0.3, 0.4) is 0 Å². The molecule has 2 aliphatic rings. The number of nitrogens with zero attached hydrogens (tertiary/aromatic N) is 3. The fourth-order valence-electron chi connectivity index (χ4n) is 4.61. The smallest absolute Gasteiger partial charge is 0.253 e. The van der Waals surface area contributed by atoms with E-state index >= 15 is 0 Å². The molecule has 0 spiro atoms. The molecule has 0 unspecified atom stereocenters. The summed E-state index contributed by atoms with van der Waals surface area (Å²) in [6.45, 7) is 2.41. The van der Waals surface area contributed by atoms with E-state index in [1.54, 1.807) is 28.6 Å². The number of aromatic nitrogens is 2. The predicted octanol–water partition coefficient (Wildman–Crippen LogP) is 5.66. The summed E-state index contributed by atoms with van der Waals surface area (Å²) >= 11 is 3.46. The van der Waals surface area contributed by atoms with Crippen molar-refractivity contribution in [1.29, 1.82) is 0 Å². The number of ether oxygens (including phenoxy) is 3. The van der Waals surface area contributed by atoms with Crippen LogP contribution in [0.15, 0.2) is 77.4 Å². The lowest BCUT2D eigenvalue weighted by molar-refractivity contribution is -0.130. The second-order valence-electron chi connectivity index (χ2n) is 8.96. The van der Waals surface area contributed by atoms with E-state index in [2.05, 4.69) is 15.9 Å². The number of fused-ring (bicyclic) bond motifs is 1. The maximum absolute atomic E-state index is 13.7. The molecule has 3 heterocycles. The van der Waals surface area contributed by atoms with Crippen molar-refractivity contribution in [2.75, 3.05) is 13.3 Å². The highest BCUT2D eigenvalue weighted by molar-refractivity contribution is 9.10. The molecule has 9 heteroatoms. The Morgan fingerprint density at radius 1 is 1.03 bits per heavy atom. The van der Waals surface area contributed by atoms with Crippen molar-refractivity contribution in [2.24, 2.45) is 0 Å². The van der Waals surface area contributed by atoms with Gasteiger partial charge in [-0.25, -0.2) is 9.07 Å². The molecule has 1 saturated heterocycles. The zero-order valence-electron chi connectivity index (χ0n) is 19.9.